The molecule has 0 aromatic heterocycles. The highest BCUT2D eigenvalue weighted by Crippen LogP contribution is 2.43. The Morgan fingerprint density at radius 1 is 0.398 bits per heavy atom. The van der Waals surface area contributed by atoms with Crippen LogP contribution in [0.4, 0.5) is 0 Å². The van der Waals surface area contributed by atoms with Gasteiger partial charge in [-0.25, -0.2) is 39.4 Å². The first kappa shape index (κ1) is 96.0. The molecule has 2 unspecified atom stereocenters. The van der Waals surface area contributed by atoms with Crippen LogP contribution in [-0.2, 0) is 107 Å². The molecule has 36 heteroatoms. The molecule has 0 radical (unpaired) electrons. The number of benzene rings is 6. The molecular formula is C82H105Cl6N9O18S3. The number of hydrogen-bond donors (Lipinski definition) is 6. The van der Waals surface area contributed by atoms with Crippen LogP contribution in [0.15, 0.2) is 124 Å². The third-order valence-electron chi connectivity index (χ3n) is 20.3. The lowest BCUT2D eigenvalue weighted by atomic mass is 9.82. The van der Waals surface area contributed by atoms with Crippen LogP contribution in [0.5, 0.6) is 0 Å². The fraction of sp³-hybridized carbons (Fsp3) is 0.500. The van der Waals surface area contributed by atoms with E-state index in [1.165, 1.54) is 25.1 Å². The van der Waals surface area contributed by atoms with Crippen LogP contribution < -0.4 is 30.1 Å². The van der Waals surface area contributed by atoms with Crippen molar-refractivity contribution in [1.82, 2.24) is 44.8 Å². The SMILES string of the molecule is CC(=O)COCC(=O)NC(CCC(=O)CCCOCCOCCNS(=O)(=O)c1cccc([C@@H]2CN(C)Cc3c(Cl)cc(Cl)cc32)c1)(CCC(=O)NCCOCCOCCNS(=O)(=O)c1cccc(C2CN(C)Cc3c(Cl)cc(Cl)cc32)c1)CCC(=O)NCCOCCOCCNS(=O)(=O)c1cccc([C@@H]2CN(C)Cc3c(Cl)cc(Cl)cc32)c1. The molecule has 9 rings (SSSR count). The molecule has 6 aromatic rings. The van der Waals surface area contributed by atoms with Crippen molar-refractivity contribution in [3.05, 3.63) is 189 Å². The summed E-state index contributed by atoms with van der Waals surface area (Å²) in [6.45, 7) is 5.70. The topological polar surface area (TPSA) is 334 Å². The largest absolute Gasteiger partial charge is 0.379 e. The molecule has 3 amide bonds. The number of rotatable bonds is 51. The van der Waals surface area contributed by atoms with E-state index in [1.54, 1.807) is 54.6 Å². The Balaban J connectivity index is 0.709. The van der Waals surface area contributed by atoms with E-state index in [0.29, 0.717) is 75.8 Å². The number of nitrogens with one attached hydrogen (secondary N) is 6. The summed E-state index contributed by atoms with van der Waals surface area (Å²) in [6, 6.07) is 31.1. The number of amides is 3. The van der Waals surface area contributed by atoms with Crippen molar-refractivity contribution in [1.29, 1.82) is 0 Å². The highest BCUT2D eigenvalue weighted by molar-refractivity contribution is 7.90. The molecule has 3 aliphatic heterocycles. The van der Waals surface area contributed by atoms with E-state index in [0.717, 1.165) is 50.1 Å². The van der Waals surface area contributed by atoms with E-state index in [4.69, 9.17) is 103 Å². The minimum atomic E-state index is -3.92. The van der Waals surface area contributed by atoms with Gasteiger partial charge in [0.05, 0.1) is 87.4 Å². The molecule has 0 saturated carbocycles. The van der Waals surface area contributed by atoms with Gasteiger partial charge in [-0.1, -0.05) is 106 Å². The maximum atomic E-state index is 13.7. The molecule has 0 spiro atoms. The molecule has 27 nitrogen and oxygen atoms in total. The Hall–Kier alpha value is -5.86. The van der Waals surface area contributed by atoms with Gasteiger partial charge in [-0.2, -0.15) is 0 Å². The van der Waals surface area contributed by atoms with Crippen LogP contribution in [0, 0.1) is 0 Å². The second-order valence-corrected chi connectivity index (χ2v) is 37.4. The molecule has 0 fully saturated rings. The zero-order chi connectivity index (χ0) is 85.0. The highest BCUT2D eigenvalue weighted by Gasteiger charge is 2.36. The third-order valence-corrected chi connectivity index (χ3v) is 26.3. The highest BCUT2D eigenvalue weighted by atomic mass is 35.5. The molecule has 6 aromatic carbocycles. The number of ketones is 2. The van der Waals surface area contributed by atoms with E-state index >= 15 is 0 Å². The van der Waals surface area contributed by atoms with Gasteiger partial charge in [0.25, 0.3) is 0 Å². The lowest BCUT2D eigenvalue weighted by Gasteiger charge is -2.35. The zero-order valence-electron chi connectivity index (χ0n) is 66.6. The number of carbonyl (C=O) groups excluding carboxylic acids is 5. The number of fused-ring (bicyclic) bond motifs is 3. The Labute approximate surface area is 722 Å². The lowest BCUT2D eigenvalue weighted by molar-refractivity contribution is -0.132. The molecule has 6 N–H and O–H groups in total. The summed E-state index contributed by atoms with van der Waals surface area (Å²) in [5.41, 5.74) is 6.79. The van der Waals surface area contributed by atoms with E-state index in [-0.39, 0.29) is 208 Å². The van der Waals surface area contributed by atoms with Gasteiger partial charge < -0.3 is 63.8 Å². The van der Waals surface area contributed by atoms with Crippen LogP contribution in [0.25, 0.3) is 0 Å². The first-order chi connectivity index (χ1) is 56.4. The zero-order valence-corrected chi connectivity index (χ0v) is 73.6. The van der Waals surface area contributed by atoms with Crippen molar-refractivity contribution in [2.75, 3.05) is 166 Å². The first-order valence-corrected chi connectivity index (χ1v) is 45.8. The van der Waals surface area contributed by atoms with Crippen molar-refractivity contribution < 1.29 is 82.4 Å². The Kier molecular flexibility index (Phi) is 38.3. The van der Waals surface area contributed by atoms with Crippen LogP contribution in [0.3, 0.4) is 0 Å². The number of halogens is 6. The van der Waals surface area contributed by atoms with Crippen LogP contribution in [-0.4, -0.2) is 241 Å². The maximum Gasteiger partial charge on any atom is 0.246 e. The van der Waals surface area contributed by atoms with Crippen LogP contribution in [0.2, 0.25) is 30.1 Å². The van der Waals surface area contributed by atoms with Crippen molar-refractivity contribution in [2.45, 2.75) is 116 Å². The number of carbonyl (C=O) groups is 5. The summed E-state index contributed by atoms with van der Waals surface area (Å²) >= 11 is 38.9. The van der Waals surface area contributed by atoms with E-state index in [9.17, 15) is 49.2 Å². The molecular weight excluding hydrogens is 1710 g/mol. The summed E-state index contributed by atoms with van der Waals surface area (Å²) in [5.74, 6) is -2.46. The average Bonchev–Trinajstić information content (AvgIpc) is 0.779. The summed E-state index contributed by atoms with van der Waals surface area (Å²) in [6.07, 6.45) is 0.0155. The second kappa shape index (κ2) is 47.1. The fourth-order valence-electron chi connectivity index (χ4n) is 14.5. The Morgan fingerprint density at radius 3 is 1.08 bits per heavy atom. The molecule has 118 heavy (non-hydrogen) atoms. The number of Topliss-reactive ketones (excluding diaryl/α,β-unsaturated/α-hetero) is 2. The van der Waals surface area contributed by atoms with Crippen molar-refractivity contribution in [3.8, 4) is 0 Å². The van der Waals surface area contributed by atoms with Gasteiger partial charge in [0, 0.05) is 158 Å². The average molecular weight is 1810 g/mol. The Morgan fingerprint density at radius 2 is 0.729 bits per heavy atom. The standard InChI is InChI=1S/C82H105Cl6N9O18S3/c1-56(98)54-115-55-81(102)94-82(19-16-63(99)12-8-27-109-33-34-112-30-24-91-116(103,104)64-13-5-9-57(39-64)70-48-95(2)51-73-67(70)42-60(83)45-76(73)86,20-17-79(100)89-22-28-110-35-37-113-31-25-92-117(105,106)65-14-6-10-58(40-65)71-49-96(3)52-74-68(71)43-61(84)46-77(74)87)21-18-80(101)90-23-29-111-36-38-114-32-26-93-118(107,108)66-15-7-11-59(41-66)72-50-97(4)53-75-69(72)44-62(85)47-78(75)88/h5-7,9-11,13-15,39-47,70-72,91-93H,8,12,16-38,48-55H2,1-4H3,(H,89,100)(H,90,101)(H,94,102)/t70-,71-,72?,82?/m0/s1. The van der Waals surface area contributed by atoms with E-state index in [2.05, 4.69) is 44.8 Å². The lowest BCUT2D eigenvalue weighted by Crippen LogP contribution is -2.51. The van der Waals surface area contributed by atoms with Gasteiger partial charge in [-0.05, 0) is 177 Å². The molecule has 3 heterocycles. The van der Waals surface area contributed by atoms with Gasteiger partial charge in [0.15, 0.2) is 5.78 Å². The Bertz CT molecular complexity index is 4330. The number of hydrogen-bond acceptors (Lipinski definition) is 21. The summed E-state index contributed by atoms with van der Waals surface area (Å²) in [7, 11) is -5.81. The van der Waals surface area contributed by atoms with Crippen molar-refractivity contribution in [3.63, 3.8) is 0 Å². The molecule has 4 atom stereocenters. The molecule has 0 aliphatic carbocycles. The first-order valence-electron chi connectivity index (χ1n) is 39.1. The summed E-state index contributed by atoms with van der Waals surface area (Å²) in [4.78, 5) is 73.0. The molecule has 646 valence electrons. The van der Waals surface area contributed by atoms with Gasteiger partial charge >= 0.3 is 0 Å². The minimum Gasteiger partial charge on any atom is -0.379 e. The van der Waals surface area contributed by atoms with E-state index < -0.39 is 59.9 Å². The van der Waals surface area contributed by atoms with Gasteiger partial charge in [-0.3, -0.25) is 24.0 Å². The number of nitrogens with zero attached hydrogens (tertiary/aromatic N) is 3. The van der Waals surface area contributed by atoms with Crippen molar-refractivity contribution >= 4 is 129 Å². The summed E-state index contributed by atoms with van der Waals surface area (Å²) in [5, 5.41) is 11.8. The molecule has 3 aliphatic rings. The molecule has 0 bridgehead atoms. The summed E-state index contributed by atoms with van der Waals surface area (Å²) < 4.78 is 128. The monoisotopic (exact) mass is 1810 g/mol. The quantitative estimate of drug-likeness (QED) is 0.0193. The smallest absolute Gasteiger partial charge is 0.246 e. The van der Waals surface area contributed by atoms with Crippen LogP contribution in [0.1, 0.15) is 126 Å². The number of likely N-dealkylation sites (N-methyl/N-ethyl adjacent to an activating group) is 3. The van der Waals surface area contributed by atoms with Gasteiger partial charge in [0.2, 0.25) is 47.8 Å². The van der Waals surface area contributed by atoms with Gasteiger partial charge in [-0.15, -0.1) is 0 Å². The maximum absolute atomic E-state index is 13.7. The number of sulfonamides is 3. The minimum absolute atomic E-state index is 0.00568. The predicted molar refractivity (Wildman–Crippen MR) is 454 cm³/mol. The predicted octanol–water partition coefficient (Wildman–Crippen LogP) is 10.1. The van der Waals surface area contributed by atoms with Gasteiger partial charge in [0.1, 0.15) is 19.0 Å². The van der Waals surface area contributed by atoms with Crippen LogP contribution >= 0.6 is 69.6 Å². The third kappa shape index (κ3) is 30.0. The van der Waals surface area contributed by atoms with Crippen molar-refractivity contribution in [2.24, 2.45) is 0 Å². The van der Waals surface area contributed by atoms with E-state index in [1.807, 2.05) is 57.5 Å². The molecule has 0 saturated heterocycles. The number of ether oxygens (including phenoxy) is 7. The second-order valence-electron chi connectivity index (χ2n) is 29.6. The fourth-order valence-corrected chi connectivity index (χ4v) is 19.4. The normalized spacial score (nSPS) is 16.5.